The SMILES string of the molecule is CC(N)Cc1ccc(N(C)C)cc1F. The summed E-state index contributed by atoms with van der Waals surface area (Å²) in [7, 11) is 3.78. The van der Waals surface area contributed by atoms with E-state index in [0.29, 0.717) is 12.0 Å². The van der Waals surface area contributed by atoms with Crippen LogP contribution in [-0.4, -0.2) is 20.1 Å². The lowest BCUT2D eigenvalue weighted by Crippen LogP contribution is -2.18. The smallest absolute Gasteiger partial charge is 0.128 e. The van der Waals surface area contributed by atoms with Gasteiger partial charge in [-0.1, -0.05) is 6.07 Å². The number of nitrogens with zero attached hydrogens (tertiary/aromatic N) is 1. The highest BCUT2D eigenvalue weighted by molar-refractivity contribution is 5.46. The molecule has 0 radical (unpaired) electrons. The summed E-state index contributed by atoms with van der Waals surface area (Å²) < 4.78 is 13.5. The lowest BCUT2D eigenvalue weighted by Gasteiger charge is -2.14. The van der Waals surface area contributed by atoms with Crippen LogP contribution in [0.4, 0.5) is 10.1 Å². The fourth-order valence-electron chi connectivity index (χ4n) is 1.33. The third kappa shape index (κ3) is 2.70. The lowest BCUT2D eigenvalue weighted by atomic mass is 10.1. The number of hydrogen-bond acceptors (Lipinski definition) is 2. The summed E-state index contributed by atoms with van der Waals surface area (Å²) in [5, 5.41) is 0. The molecule has 0 heterocycles. The molecule has 1 aromatic carbocycles. The van der Waals surface area contributed by atoms with Gasteiger partial charge in [-0.15, -0.1) is 0 Å². The van der Waals surface area contributed by atoms with Crippen LogP contribution in [0.5, 0.6) is 0 Å². The summed E-state index contributed by atoms with van der Waals surface area (Å²) in [6, 6.07) is 5.24. The molecule has 2 N–H and O–H groups in total. The Balaban J connectivity index is 2.90. The van der Waals surface area contributed by atoms with Crippen LogP contribution in [-0.2, 0) is 6.42 Å². The molecule has 1 unspecified atom stereocenters. The van der Waals surface area contributed by atoms with E-state index in [-0.39, 0.29) is 11.9 Å². The van der Waals surface area contributed by atoms with Gasteiger partial charge >= 0.3 is 0 Å². The Hall–Kier alpha value is -1.09. The van der Waals surface area contributed by atoms with E-state index < -0.39 is 0 Å². The van der Waals surface area contributed by atoms with Gasteiger partial charge in [-0.25, -0.2) is 4.39 Å². The molecule has 1 aromatic rings. The van der Waals surface area contributed by atoms with Gasteiger partial charge in [0, 0.05) is 25.8 Å². The molecular weight excluding hydrogens is 179 g/mol. The van der Waals surface area contributed by atoms with Gasteiger partial charge in [0.1, 0.15) is 5.82 Å². The van der Waals surface area contributed by atoms with Crippen molar-refractivity contribution in [1.82, 2.24) is 0 Å². The van der Waals surface area contributed by atoms with Gasteiger partial charge in [0.15, 0.2) is 0 Å². The van der Waals surface area contributed by atoms with Crippen molar-refractivity contribution in [3.63, 3.8) is 0 Å². The topological polar surface area (TPSA) is 29.3 Å². The maximum absolute atomic E-state index is 13.5. The normalized spacial score (nSPS) is 12.6. The third-order valence-electron chi connectivity index (χ3n) is 2.09. The van der Waals surface area contributed by atoms with Crippen LogP contribution in [0.3, 0.4) is 0 Å². The predicted molar refractivity (Wildman–Crippen MR) is 58.1 cm³/mol. The molecule has 0 bridgehead atoms. The molecule has 1 rings (SSSR count). The summed E-state index contributed by atoms with van der Waals surface area (Å²) in [5.74, 6) is -0.173. The molecule has 0 amide bonds. The molecule has 0 fully saturated rings. The molecule has 0 aliphatic heterocycles. The number of rotatable bonds is 3. The van der Waals surface area contributed by atoms with Crippen LogP contribution in [0.15, 0.2) is 18.2 Å². The molecule has 3 heteroatoms. The maximum Gasteiger partial charge on any atom is 0.128 e. The number of hydrogen-bond donors (Lipinski definition) is 1. The second kappa shape index (κ2) is 4.42. The summed E-state index contributed by atoms with van der Waals surface area (Å²) in [6.45, 7) is 1.87. The second-order valence-corrected chi connectivity index (χ2v) is 3.85. The zero-order chi connectivity index (χ0) is 10.7. The monoisotopic (exact) mass is 196 g/mol. The first-order chi connectivity index (χ1) is 6.50. The molecule has 0 saturated heterocycles. The van der Waals surface area contributed by atoms with Crippen LogP contribution in [0.25, 0.3) is 0 Å². The Bertz CT molecular complexity index is 308. The van der Waals surface area contributed by atoms with E-state index in [1.807, 2.05) is 32.0 Å². The van der Waals surface area contributed by atoms with E-state index in [1.54, 1.807) is 6.07 Å². The van der Waals surface area contributed by atoms with Gasteiger partial charge in [0.05, 0.1) is 0 Å². The van der Waals surface area contributed by atoms with Crippen LogP contribution in [0.2, 0.25) is 0 Å². The Morgan fingerprint density at radius 2 is 2.07 bits per heavy atom. The molecule has 14 heavy (non-hydrogen) atoms. The van der Waals surface area contributed by atoms with Gasteiger partial charge in [-0.2, -0.15) is 0 Å². The zero-order valence-electron chi connectivity index (χ0n) is 8.92. The second-order valence-electron chi connectivity index (χ2n) is 3.85. The summed E-state index contributed by atoms with van der Waals surface area (Å²) >= 11 is 0. The van der Waals surface area contributed by atoms with Crippen LogP contribution < -0.4 is 10.6 Å². The Kier molecular flexibility index (Phi) is 3.47. The molecule has 1 atom stereocenters. The van der Waals surface area contributed by atoms with E-state index in [0.717, 1.165) is 5.69 Å². The van der Waals surface area contributed by atoms with E-state index >= 15 is 0 Å². The number of benzene rings is 1. The first kappa shape index (κ1) is 11.0. The quantitative estimate of drug-likeness (QED) is 0.798. The fraction of sp³-hybridized carbons (Fsp3) is 0.455. The largest absolute Gasteiger partial charge is 0.378 e. The first-order valence-corrected chi connectivity index (χ1v) is 4.72. The van der Waals surface area contributed by atoms with Crippen molar-refractivity contribution in [3.8, 4) is 0 Å². The van der Waals surface area contributed by atoms with Gasteiger partial charge in [0.2, 0.25) is 0 Å². The van der Waals surface area contributed by atoms with Gasteiger partial charge in [0.25, 0.3) is 0 Å². The molecule has 0 saturated carbocycles. The lowest BCUT2D eigenvalue weighted by molar-refractivity contribution is 0.596. The van der Waals surface area contributed by atoms with Crippen molar-refractivity contribution in [3.05, 3.63) is 29.6 Å². The van der Waals surface area contributed by atoms with Crippen LogP contribution >= 0.6 is 0 Å². The minimum Gasteiger partial charge on any atom is -0.378 e. The summed E-state index contributed by atoms with van der Waals surface area (Å²) in [6.07, 6.45) is 0.583. The standard InChI is InChI=1S/C11H17FN2/c1-8(13)6-9-4-5-10(14(2)3)7-11(9)12/h4-5,7-8H,6,13H2,1-3H3. The van der Waals surface area contributed by atoms with E-state index in [2.05, 4.69) is 0 Å². The van der Waals surface area contributed by atoms with Crippen molar-refractivity contribution in [2.24, 2.45) is 5.73 Å². The van der Waals surface area contributed by atoms with Crippen molar-refractivity contribution in [2.45, 2.75) is 19.4 Å². The average molecular weight is 196 g/mol. The maximum atomic E-state index is 13.5. The first-order valence-electron chi connectivity index (χ1n) is 4.72. The van der Waals surface area contributed by atoms with Crippen molar-refractivity contribution in [2.75, 3.05) is 19.0 Å². The minimum absolute atomic E-state index is 0.00490. The number of halogens is 1. The Labute approximate surface area is 84.5 Å². The molecule has 0 aromatic heterocycles. The predicted octanol–water partition coefficient (Wildman–Crippen LogP) is 1.78. The van der Waals surface area contributed by atoms with E-state index in [4.69, 9.17) is 5.73 Å². The highest BCUT2D eigenvalue weighted by Gasteiger charge is 2.06. The zero-order valence-corrected chi connectivity index (χ0v) is 8.92. The van der Waals surface area contributed by atoms with Crippen LogP contribution in [0.1, 0.15) is 12.5 Å². The highest BCUT2D eigenvalue weighted by Crippen LogP contribution is 2.17. The van der Waals surface area contributed by atoms with Crippen molar-refractivity contribution in [1.29, 1.82) is 0 Å². The molecule has 2 nitrogen and oxygen atoms in total. The third-order valence-corrected chi connectivity index (χ3v) is 2.09. The average Bonchev–Trinajstić information content (AvgIpc) is 2.07. The Morgan fingerprint density at radius 3 is 2.50 bits per heavy atom. The van der Waals surface area contributed by atoms with Crippen LogP contribution in [0, 0.1) is 5.82 Å². The van der Waals surface area contributed by atoms with Crippen molar-refractivity contribution < 1.29 is 4.39 Å². The molecular formula is C11H17FN2. The molecule has 0 aliphatic carbocycles. The number of nitrogens with two attached hydrogens (primary N) is 1. The van der Waals surface area contributed by atoms with Gasteiger partial charge in [-0.05, 0) is 31.0 Å². The molecule has 0 spiro atoms. The summed E-state index contributed by atoms with van der Waals surface area (Å²) in [4.78, 5) is 1.87. The fourth-order valence-corrected chi connectivity index (χ4v) is 1.33. The van der Waals surface area contributed by atoms with E-state index in [9.17, 15) is 4.39 Å². The van der Waals surface area contributed by atoms with Gasteiger partial charge < -0.3 is 10.6 Å². The molecule has 78 valence electrons. The van der Waals surface area contributed by atoms with Gasteiger partial charge in [-0.3, -0.25) is 0 Å². The molecule has 0 aliphatic rings. The Morgan fingerprint density at radius 1 is 1.43 bits per heavy atom. The van der Waals surface area contributed by atoms with Crippen molar-refractivity contribution >= 4 is 5.69 Å². The summed E-state index contributed by atoms with van der Waals surface area (Å²) in [5.41, 5.74) is 7.17. The minimum atomic E-state index is -0.173. The van der Waals surface area contributed by atoms with E-state index in [1.165, 1.54) is 6.07 Å². The highest BCUT2D eigenvalue weighted by atomic mass is 19.1. The number of anilines is 1.